The Morgan fingerprint density at radius 1 is 1.26 bits per heavy atom. The van der Waals surface area contributed by atoms with Gasteiger partial charge in [0.2, 0.25) is 0 Å². The first-order valence-corrected chi connectivity index (χ1v) is 7.25. The Kier molecular flexibility index (Phi) is 3.50. The number of pyridine rings is 1. The molecule has 0 bridgehead atoms. The van der Waals surface area contributed by atoms with Crippen LogP contribution in [0.15, 0.2) is 40.1 Å². The molecule has 0 aliphatic carbocycles. The Balaban J connectivity index is 2.30. The Morgan fingerprint density at radius 2 is 2.00 bits per heavy atom. The van der Waals surface area contributed by atoms with E-state index in [4.69, 9.17) is 0 Å². The number of aromatic nitrogens is 1. The van der Waals surface area contributed by atoms with E-state index in [0.717, 1.165) is 23.6 Å². The zero-order valence-electron chi connectivity index (χ0n) is 9.18. The summed E-state index contributed by atoms with van der Waals surface area (Å²) in [6.45, 7) is 0. The number of nitrogens with zero attached hydrogens (tertiary/aromatic N) is 1. The van der Waals surface area contributed by atoms with Crippen LogP contribution < -0.4 is 4.72 Å². The van der Waals surface area contributed by atoms with Crippen LogP contribution in [-0.2, 0) is 16.2 Å². The van der Waals surface area contributed by atoms with Crippen molar-refractivity contribution in [2.75, 3.05) is 4.72 Å². The summed E-state index contributed by atoms with van der Waals surface area (Å²) in [7, 11) is -3.89. The normalized spacial score (nSPS) is 12.4. The van der Waals surface area contributed by atoms with E-state index in [-0.39, 0.29) is 10.0 Å². The molecule has 1 N–H and O–H groups in total. The third kappa shape index (κ3) is 3.24. The standard InChI is InChI=1S/C10H7F3N2O2S2/c11-10(12,13)7-3-4-14-8(6-7)15-19(16,17)9-2-1-5-18-9/h1-6H,(H,14,15). The molecular formula is C10H7F3N2O2S2. The minimum Gasteiger partial charge on any atom is -0.263 e. The molecule has 0 aliphatic heterocycles. The zero-order chi connectivity index (χ0) is 14.1. The number of thiophene rings is 1. The van der Waals surface area contributed by atoms with Crippen molar-refractivity contribution in [2.45, 2.75) is 10.4 Å². The molecule has 0 saturated heterocycles. The van der Waals surface area contributed by atoms with Gasteiger partial charge in [0.1, 0.15) is 10.0 Å². The van der Waals surface area contributed by atoms with E-state index in [2.05, 4.69) is 4.98 Å². The van der Waals surface area contributed by atoms with E-state index in [9.17, 15) is 21.6 Å². The molecule has 2 rings (SSSR count). The van der Waals surface area contributed by atoms with Crippen LogP contribution in [0.5, 0.6) is 0 Å². The van der Waals surface area contributed by atoms with Gasteiger partial charge < -0.3 is 0 Å². The fourth-order valence-corrected chi connectivity index (χ4v) is 3.26. The molecule has 0 spiro atoms. The van der Waals surface area contributed by atoms with Crippen LogP contribution in [-0.4, -0.2) is 13.4 Å². The van der Waals surface area contributed by atoms with Crippen molar-refractivity contribution >= 4 is 27.2 Å². The third-order valence-corrected chi connectivity index (χ3v) is 4.84. The molecule has 0 radical (unpaired) electrons. The number of anilines is 1. The Morgan fingerprint density at radius 3 is 2.58 bits per heavy atom. The summed E-state index contributed by atoms with van der Waals surface area (Å²) < 4.78 is 63.0. The van der Waals surface area contributed by atoms with Crippen molar-refractivity contribution < 1.29 is 21.6 Å². The van der Waals surface area contributed by atoms with E-state index in [1.807, 2.05) is 4.72 Å². The molecule has 0 amide bonds. The summed E-state index contributed by atoms with van der Waals surface area (Å²) in [6, 6.07) is 4.29. The molecule has 9 heteroatoms. The van der Waals surface area contributed by atoms with E-state index in [1.165, 1.54) is 12.1 Å². The molecule has 0 fully saturated rings. The van der Waals surface area contributed by atoms with Gasteiger partial charge in [-0.3, -0.25) is 4.72 Å². The fraction of sp³-hybridized carbons (Fsp3) is 0.100. The molecule has 0 saturated carbocycles. The molecule has 102 valence electrons. The number of hydrogen-bond donors (Lipinski definition) is 1. The van der Waals surface area contributed by atoms with Gasteiger partial charge in [0, 0.05) is 6.20 Å². The van der Waals surface area contributed by atoms with Gasteiger partial charge in [0.15, 0.2) is 0 Å². The van der Waals surface area contributed by atoms with Crippen molar-refractivity contribution in [1.29, 1.82) is 0 Å². The van der Waals surface area contributed by atoms with Crippen LogP contribution in [0.3, 0.4) is 0 Å². The molecule has 0 unspecified atom stereocenters. The second-order valence-electron chi connectivity index (χ2n) is 3.47. The first-order valence-electron chi connectivity index (χ1n) is 4.88. The molecule has 0 aromatic carbocycles. The molecule has 2 heterocycles. The molecular weight excluding hydrogens is 301 g/mol. The molecule has 19 heavy (non-hydrogen) atoms. The fourth-order valence-electron chi connectivity index (χ4n) is 1.27. The molecule has 2 aromatic heterocycles. The molecule has 2 aromatic rings. The third-order valence-electron chi connectivity index (χ3n) is 2.09. The van der Waals surface area contributed by atoms with Gasteiger partial charge in [-0.25, -0.2) is 13.4 Å². The lowest BCUT2D eigenvalue weighted by Crippen LogP contribution is -2.14. The van der Waals surface area contributed by atoms with Crippen molar-refractivity contribution in [3.8, 4) is 0 Å². The maximum atomic E-state index is 12.5. The summed E-state index contributed by atoms with van der Waals surface area (Å²) in [5.41, 5.74) is -0.966. The quantitative estimate of drug-likeness (QED) is 0.948. The van der Waals surface area contributed by atoms with Crippen LogP contribution in [0.25, 0.3) is 0 Å². The highest BCUT2D eigenvalue weighted by Gasteiger charge is 2.31. The first kappa shape index (κ1) is 13.8. The average Bonchev–Trinajstić information content (AvgIpc) is 2.81. The average molecular weight is 308 g/mol. The topological polar surface area (TPSA) is 59.1 Å². The number of sulfonamides is 1. The van der Waals surface area contributed by atoms with Gasteiger partial charge in [-0.2, -0.15) is 13.2 Å². The number of halogens is 3. The lowest BCUT2D eigenvalue weighted by Gasteiger charge is -2.09. The summed E-state index contributed by atoms with van der Waals surface area (Å²) in [5, 5.41) is 1.55. The predicted molar refractivity (Wildman–Crippen MR) is 64.4 cm³/mol. The SMILES string of the molecule is O=S(=O)(Nc1cc(C(F)(F)F)ccn1)c1cccs1. The van der Waals surface area contributed by atoms with Crippen LogP contribution in [0.4, 0.5) is 19.0 Å². The number of alkyl halides is 3. The van der Waals surface area contributed by atoms with Gasteiger partial charge >= 0.3 is 6.18 Å². The van der Waals surface area contributed by atoms with Gasteiger partial charge in [-0.1, -0.05) is 6.07 Å². The van der Waals surface area contributed by atoms with Crippen molar-refractivity contribution in [3.05, 3.63) is 41.4 Å². The Bertz CT molecular complexity index is 666. The second kappa shape index (κ2) is 4.82. The monoisotopic (exact) mass is 308 g/mol. The first-order chi connectivity index (χ1) is 8.79. The van der Waals surface area contributed by atoms with Crippen LogP contribution in [0, 0.1) is 0 Å². The van der Waals surface area contributed by atoms with E-state index in [1.54, 1.807) is 5.38 Å². The minimum absolute atomic E-state index is 0.00621. The Hall–Kier alpha value is -1.61. The molecule has 0 aliphatic rings. The highest BCUT2D eigenvalue weighted by molar-refractivity contribution is 7.94. The predicted octanol–water partition coefficient (Wildman–Crippen LogP) is 2.96. The summed E-state index contributed by atoms with van der Waals surface area (Å²) in [4.78, 5) is 3.56. The van der Waals surface area contributed by atoms with Crippen LogP contribution in [0.2, 0.25) is 0 Å². The van der Waals surface area contributed by atoms with Crippen molar-refractivity contribution in [3.63, 3.8) is 0 Å². The Labute approximate surface area is 111 Å². The van der Waals surface area contributed by atoms with E-state index < -0.39 is 21.8 Å². The second-order valence-corrected chi connectivity index (χ2v) is 6.32. The van der Waals surface area contributed by atoms with E-state index in [0.29, 0.717) is 6.07 Å². The highest BCUT2D eigenvalue weighted by atomic mass is 32.2. The van der Waals surface area contributed by atoms with Gasteiger partial charge in [0.05, 0.1) is 5.56 Å². The van der Waals surface area contributed by atoms with Crippen LogP contribution >= 0.6 is 11.3 Å². The van der Waals surface area contributed by atoms with Gasteiger partial charge in [0.25, 0.3) is 10.0 Å². The summed E-state index contributed by atoms with van der Waals surface area (Å²) >= 11 is 0.958. The summed E-state index contributed by atoms with van der Waals surface area (Å²) in [6.07, 6.45) is -3.65. The minimum atomic E-state index is -4.55. The van der Waals surface area contributed by atoms with Crippen molar-refractivity contribution in [2.24, 2.45) is 0 Å². The number of nitrogens with one attached hydrogen (secondary N) is 1. The molecule has 4 nitrogen and oxygen atoms in total. The van der Waals surface area contributed by atoms with Gasteiger partial charge in [-0.15, -0.1) is 11.3 Å². The number of rotatable bonds is 3. The van der Waals surface area contributed by atoms with Crippen LogP contribution in [0.1, 0.15) is 5.56 Å². The maximum Gasteiger partial charge on any atom is 0.416 e. The number of hydrogen-bond acceptors (Lipinski definition) is 4. The zero-order valence-corrected chi connectivity index (χ0v) is 10.8. The lowest BCUT2D eigenvalue weighted by atomic mass is 10.2. The molecule has 0 atom stereocenters. The smallest absolute Gasteiger partial charge is 0.263 e. The van der Waals surface area contributed by atoms with Crippen molar-refractivity contribution in [1.82, 2.24) is 4.98 Å². The highest BCUT2D eigenvalue weighted by Crippen LogP contribution is 2.30. The maximum absolute atomic E-state index is 12.5. The summed E-state index contributed by atoms with van der Waals surface area (Å²) in [5.74, 6) is -0.372. The van der Waals surface area contributed by atoms with Gasteiger partial charge in [-0.05, 0) is 23.6 Å². The lowest BCUT2D eigenvalue weighted by molar-refractivity contribution is -0.137. The largest absolute Gasteiger partial charge is 0.416 e. The van der Waals surface area contributed by atoms with E-state index >= 15 is 0 Å².